The highest BCUT2D eigenvalue weighted by Crippen LogP contribution is 2.43. The Morgan fingerprint density at radius 3 is 1.40 bits per heavy atom. The quantitative estimate of drug-likeness (QED) is 0.180. The van der Waals surface area contributed by atoms with Crippen LogP contribution in [0, 0.1) is 0 Å². The van der Waals surface area contributed by atoms with Crippen LogP contribution >= 0.6 is 0 Å². The molecule has 0 unspecified atom stereocenters. The SMILES string of the molecule is [2H]c1c([2H])c([2H])c(-n2c3ccccc3c3ccc4oc5ccccc5c4c32)c(-c2nc(-n3c4ccccc4c4ccccc43)nc(-n3c4ccccc4c4ccccc43)n2)c1[2H]. The fourth-order valence-corrected chi connectivity index (χ4v) is 9.07. The molecular weight excluding hydrogens is 713 g/mol. The Kier molecular flexibility index (Phi) is 5.57. The summed E-state index contributed by atoms with van der Waals surface area (Å²) in [6, 6.07) is 51.0. The van der Waals surface area contributed by atoms with Gasteiger partial charge in [0.05, 0.1) is 49.7 Å². The number of hydrogen-bond donors (Lipinski definition) is 0. The average molecular weight is 747 g/mol. The second-order valence-electron chi connectivity index (χ2n) is 14.5. The van der Waals surface area contributed by atoms with Gasteiger partial charge in [-0.2, -0.15) is 15.0 Å². The van der Waals surface area contributed by atoms with Crippen LogP contribution in [-0.2, 0) is 0 Å². The number of para-hydroxylation sites is 7. The molecular formula is C51H30N6O. The summed E-state index contributed by atoms with van der Waals surface area (Å²) in [5.41, 5.74) is 6.75. The molecule has 0 amide bonds. The molecule has 0 spiro atoms. The first-order valence-corrected chi connectivity index (χ1v) is 19.1. The minimum absolute atomic E-state index is 0.0888. The zero-order valence-corrected chi connectivity index (χ0v) is 30.6. The third-order valence-electron chi connectivity index (χ3n) is 11.5. The van der Waals surface area contributed by atoms with Gasteiger partial charge in [0.25, 0.3) is 0 Å². The molecule has 13 rings (SSSR count). The average Bonchev–Trinajstić information content (AvgIpc) is 4.06. The maximum Gasteiger partial charge on any atom is 0.240 e. The van der Waals surface area contributed by atoms with Gasteiger partial charge < -0.3 is 8.98 Å². The minimum atomic E-state index is -0.398. The van der Waals surface area contributed by atoms with Crippen molar-refractivity contribution in [2.75, 3.05) is 0 Å². The van der Waals surface area contributed by atoms with Crippen LogP contribution in [0.4, 0.5) is 0 Å². The molecule has 0 aliphatic carbocycles. The van der Waals surface area contributed by atoms with Crippen LogP contribution in [0.3, 0.4) is 0 Å². The molecule has 0 atom stereocenters. The van der Waals surface area contributed by atoms with Crippen LogP contribution in [0.5, 0.6) is 0 Å². The van der Waals surface area contributed by atoms with Gasteiger partial charge in [-0.05, 0) is 60.6 Å². The summed E-state index contributed by atoms with van der Waals surface area (Å²) in [6.07, 6.45) is 0. The van der Waals surface area contributed by atoms with E-state index in [0.29, 0.717) is 23.1 Å². The van der Waals surface area contributed by atoms with Crippen LogP contribution in [0.15, 0.2) is 186 Å². The molecule has 270 valence electrons. The smallest absolute Gasteiger partial charge is 0.240 e. The van der Waals surface area contributed by atoms with Gasteiger partial charge in [-0.1, -0.05) is 121 Å². The van der Waals surface area contributed by atoms with Gasteiger partial charge in [0.1, 0.15) is 11.2 Å². The first kappa shape index (κ1) is 27.5. The summed E-state index contributed by atoms with van der Waals surface area (Å²) in [5.74, 6) is 0.687. The predicted molar refractivity (Wildman–Crippen MR) is 236 cm³/mol. The van der Waals surface area contributed by atoms with E-state index in [2.05, 4.69) is 24.3 Å². The Labute approximate surface area is 335 Å². The zero-order valence-electron chi connectivity index (χ0n) is 34.6. The van der Waals surface area contributed by atoms with Gasteiger partial charge in [-0.3, -0.25) is 9.13 Å². The summed E-state index contributed by atoms with van der Waals surface area (Å²) >= 11 is 0. The highest BCUT2D eigenvalue weighted by molar-refractivity contribution is 6.24. The number of hydrogen-bond acceptors (Lipinski definition) is 4. The first-order valence-electron chi connectivity index (χ1n) is 21.1. The first-order chi connectivity index (χ1) is 30.5. The van der Waals surface area contributed by atoms with Crippen molar-refractivity contribution >= 4 is 87.4 Å². The number of furan rings is 1. The monoisotopic (exact) mass is 746 g/mol. The number of nitrogens with zero attached hydrogens (tertiary/aromatic N) is 6. The van der Waals surface area contributed by atoms with Crippen molar-refractivity contribution in [1.82, 2.24) is 28.7 Å². The third kappa shape index (κ3) is 4.24. The Morgan fingerprint density at radius 1 is 0.397 bits per heavy atom. The van der Waals surface area contributed by atoms with Gasteiger partial charge in [0.15, 0.2) is 5.82 Å². The van der Waals surface area contributed by atoms with Gasteiger partial charge in [0.2, 0.25) is 11.9 Å². The fraction of sp³-hybridized carbons (Fsp3) is 0. The standard InChI is InChI=1S/C51H30N6O/c1-9-23-40-31(15-1)32-16-2-10-24-41(32)56(40)50-52-49(53-51(54-50)57-42-25-11-3-17-33(42)34-18-4-12-26-43(34)57)37-20-6-13-27-44(37)55-39-22-8-5-19-35(39)36-29-30-46-47(48(36)55)38-21-7-14-28-45(38)58-46/h1-30H/i6D,13D,20D,27D. The Hall–Kier alpha value is -8.03. The highest BCUT2D eigenvalue weighted by atomic mass is 16.3. The molecule has 7 heteroatoms. The van der Waals surface area contributed by atoms with Crippen molar-refractivity contribution in [2.45, 2.75) is 0 Å². The third-order valence-corrected chi connectivity index (χ3v) is 11.5. The molecule has 5 heterocycles. The molecule has 0 saturated heterocycles. The number of aromatic nitrogens is 6. The summed E-state index contributed by atoms with van der Waals surface area (Å²) < 4.78 is 50.3. The molecule has 0 radical (unpaired) electrons. The topological polar surface area (TPSA) is 66.6 Å². The molecule has 0 N–H and O–H groups in total. The fourth-order valence-electron chi connectivity index (χ4n) is 9.07. The maximum absolute atomic E-state index is 9.78. The van der Waals surface area contributed by atoms with Gasteiger partial charge in [-0.25, -0.2) is 0 Å². The van der Waals surface area contributed by atoms with E-state index in [1.807, 2.05) is 147 Å². The highest BCUT2D eigenvalue weighted by Gasteiger charge is 2.24. The van der Waals surface area contributed by atoms with E-state index in [1.54, 1.807) is 0 Å². The van der Waals surface area contributed by atoms with Crippen LogP contribution in [-0.4, -0.2) is 28.7 Å². The van der Waals surface area contributed by atoms with E-state index in [9.17, 15) is 2.74 Å². The maximum atomic E-state index is 9.78. The van der Waals surface area contributed by atoms with Crippen LogP contribution in [0.2, 0.25) is 0 Å². The molecule has 0 saturated carbocycles. The van der Waals surface area contributed by atoms with Crippen molar-refractivity contribution in [1.29, 1.82) is 0 Å². The summed E-state index contributed by atoms with van der Waals surface area (Å²) in [5, 5.41) is 7.63. The lowest BCUT2D eigenvalue weighted by Gasteiger charge is -2.16. The van der Waals surface area contributed by atoms with E-state index < -0.39 is 6.04 Å². The molecule has 5 aromatic heterocycles. The number of rotatable bonds is 4. The van der Waals surface area contributed by atoms with Crippen LogP contribution in [0.25, 0.3) is 116 Å². The normalized spacial score (nSPS) is 13.1. The van der Waals surface area contributed by atoms with Crippen molar-refractivity contribution in [3.8, 4) is 29.0 Å². The Morgan fingerprint density at radius 2 is 0.845 bits per heavy atom. The minimum Gasteiger partial charge on any atom is -0.456 e. The number of benzene rings is 8. The predicted octanol–water partition coefficient (Wildman–Crippen LogP) is 12.7. The van der Waals surface area contributed by atoms with E-state index >= 15 is 0 Å². The molecule has 13 aromatic rings. The van der Waals surface area contributed by atoms with Crippen LogP contribution in [0.1, 0.15) is 5.48 Å². The summed E-state index contributed by atoms with van der Waals surface area (Å²) in [4.78, 5) is 15.8. The second-order valence-corrected chi connectivity index (χ2v) is 14.5. The lowest BCUT2D eigenvalue weighted by molar-refractivity contribution is 0.669. The molecule has 8 aromatic carbocycles. The molecule has 58 heavy (non-hydrogen) atoms. The molecule has 0 aliphatic heterocycles. The van der Waals surface area contributed by atoms with Crippen molar-refractivity contribution in [3.05, 3.63) is 182 Å². The summed E-state index contributed by atoms with van der Waals surface area (Å²) in [6.45, 7) is 0. The lowest BCUT2D eigenvalue weighted by atomic mass is 10.1. The molecule has 0 bridgehead atoms. The molecule has 0 aliphatic rings. The van der Waals surface area contributed by atoms with Gasteiger partial charge in [-0.15, -0.1) is 0 Å². The Bertz CT molecular complexity index is 3830. The number of fused-ring (bicyclic) bond motifs is 13. The summed E-state index contributed by atoms with van der Waals surface area (Å²) in [7, 11) is 0. The van der Waals surface area contributed by atoms with E-state index in [0.717, 1.165) is 76.2 Å². The van der Waals surface area contributed by atoms with Gasteiger partial charge in [0, 0.05) is 43.3 Å². The van der Waals surface area contributed by atoms with E-state index in [4.69, 9.17) is 22.1 Å². The van der Waals surface area contributed by atoms with Crippen molar-refractivity contribution < 1.29 is 9.90 Å². The lowest BCUT2D eigenvalue weighted by Crippen LogP contribution is -2.11. The van der Waals surface area contributed by atoms with Crippen molar-refractivity contribution in [3.63, 3.8) is 0 Å². The van der Waals surface area contributed by atoms with Gasteiger partial charge >= 0.3 is 0 Å². The molecule has 7 nitrogen and oxygen atoms in total. The van der Waals surface area contributed by atoms with Crippen molar-refractivity contribution in [2.24, 2.45) is 0 Å². The Balaban J connectivity index is 1.22. The van der Waals surface area contributed by atoms with E-state index in [1.165, 1.54) is 0 Å². The van der Waals surface area contributed by atoms with Crippen LogP contribution < -0.4 is 0 Å². The largest absolute Gasteiger partial charge is 0.456 e. The van der Waals surface area contributed by atoms with E-state index in [-0.39, 0.29) is 35.2 Å². The molecule has 0 fully saturated rings. The zero-order chi connectivity index (χ0) is 41.4. The second kappa shape index (κ2) is 11.7.